The number of phenols is 2. The van der Waals surface area contributed by atoms with Crippen LogP contribution in [-0.2, 0) is 9.59 Å². The summed E-state index contributed by atoms with van der Waals surface area (Å²) in [6.45, 7) is 3.97. The minimum Gasteiger partial charge on any atom is -0.507 e. The van der Waals surface area contributed by atoms with E-state index in [-0.39, 0.29) is 85.1 Å². The van der Waals surface area contributed by atoms with Crippen LogP contribution in [0.15, 0.2) is 24.3 Å². The Hall–Kier alpha value is -3.58. The minimum absolute atomic E-state index is 0. The van der Waals surface area contributed by atoms with Crippen molar-refractivity contribution in [1.82, 2.24) is 10.6 Å². The van der Waals surface area contributed by atoms with Gasteiger partial charge in [-0.05, 0) is 38.1 Å². The third-order valence-corrected chi connectivity index (χ3v) is 5.58. The van der Waals surface area contributed by atoms with Gasteiger partial charge < -0.3 is 42.9 Å². The maximum absolute atomic E-state index is 13.5. The van der Waals surface area contributed by atoms with Crippen LogP contribution in [0.3, 0.4) is 0 Å². The van der Waals surface area contributed by atoms with Crippen molar-refractivity contribution in [2.24, 2.45) is 11.5 Å². The lowest BCUT2D eigenvalue weighted by Crippen LogP contribution is -2.40. The molecule has 0 saturated heterocycles. The number of aromatic hydroxyl groups is 2. The maximum atomic E-state index is 13.5. The number of benzene rings is 2. The number of carbonyl (C=O) groups excluding carboxylic acids is 4. The highest BCUT2D eigenvalue weighted by Crippen LogP contribution is 2.42. The van der Waals surface area contributed by atoms with Crippen LogP contribution in [0, 0.1) is 0 Å². The second kappa shape index (κ2) is 13.8. The van der Waals surface area contributed by atoms with Gasteiger partial charge in [-0.3, -0.25) is 19.2 Å². The molecule has 0 heterocycles. The average molecular weight is 571 g/mol. The predicted octanol–water partition coefficient (Wildman–Crippen LogP) is 0.467. The number of halogens is 2. The van der Waals surface area contributed by atoms with E-state index in [4.69, 9.17) is 11.5 Å². The zero-order chi connectivity index (χ0) is 26.6. The number of rotatable bonds is 10. The van der Waals surface area contributed by atoms with Crippen LogP contribution in [0.1, 0.15) is 45.7 Å². The van der Waals surface area contributed by atoms with Gasteiger partial charge in [0.25, 0.3) is 0 Å². The molecule has 2 aromatic rings. The lowest BCUT2D eigenvalue weighted by atomic mass is 9.81. The van der Waals surface area contributed by atoms with E-state index in [0.717, 1.165) is 12.1 Å². The zero-order valence-corrected chi connectivity index (χ0v) is 22.4. The summed E-state index contributed by atoms with van der Waals surface area (Å²) in [7, 11) is 0. The van der Waals surface area contributed by atoms with Crippen LogP contribution in [0.5, 0.6) is 11.5 Å². The van der Waals surface area contributed by atoms with E-state index in [1.807, 2.05) is 0 Å². The Morgan fingerprint density at radius 3 is 1.34 bits per heavy atom. The van der Waals surface area contributed by atoms with E-state index in [9.17, 15) is 29.4 Å². The second-order valence-electron chi connectivity index (χ2n) is 8.44. The Morgan fingerprint density at radius 1 is 0.684 bits per heavy atom. The van der Waals surface area contributed by atoms with Crippen LogP contribution >= 0.6 is 24.8 Å². The average Bonchev–Trinajstić information content (AvgIpc) is 2.83. The molecule has 0 spiro atoms. The number of phenolic OH excluding ortho intramolecular Hbond substituents is 2. The molecule has 0 unspecified atom stereocenters. The fraction of sp³-hybridized carbons (Fsp3) is 0.333. The molecule has 0 fully saturated rings. The van der Waals surface area contributed by atoms with Gasteiger partial charge in [-0.25, -0.2) is 0 Å². The maximum Gasteiger partial charge on any atom is 0.236 e. The number of nitrogens with one attached hydrogen (secondary N) is 4. The number of hydrogen-bond acceptors (Lipinski definition) is 10. The first-order valence-electron chi connectivity index (χ1n) is 11.4. The fourth-order valence-corrected chi connectivity index (χ4v) is 3.75. The SMILES string of the molecule is C[C@H](N)C(=O)NCCNc1ccc(NCCNC(=O)[C@H](C)N)c2c1C(=O)c1c(O)ccc(O)c1C2=O.Cl.Cl. The van der Waals surface area contributed by atoms with Crippen molar-refractivity contribution in [2.45, 2.75) is 25.9 Å². The smallest absolute Gasteiger partial charge is 0.236 e. The van der Waals surface area contributed by atoms with Crippen molar-refractivity contribution in [3.63, 3.8) is 0 Å². The topological polar surface area (TPSA) is 209 Å². The van der Waals surface area contributed by atoms with Crippen molar-refractivity contribution in [1.29, 1.82) is 0 Å². The van der Waals surface area contributed by atoms with E-state index in [1.165, 1.54) is 0 Å². The Labute approximate surface area is 231 Å². The summed E-state index contributed by atoms with van der Waals surface area (Å²) >= 11 is 0. The van der Waals surface area contributed by atoms with Crippen LogP contribution in [0.25, 0.3) is 0 Å². The summed E-state index contributed by atoms with van der Waals surface area (Å²) in [4.78, 5) is 50.3. The first kappa shape index (κ1) is 32.4. The molecular formula is C24H32Cl2N6O6. The van der Waals surface area contributed by atoms with Gasteiger partial charge in [0, 0.05) is 37.6 Å². The largest absolute Gasteiger partial charge is 0.507 e. The van der Waals surface area contributed by atoms with E-state index in [0.29, 0.717) is 11.4 Å². The van der Waals surface area contributed by atoms with Crippen molar-refractivity contribution < 1.29 is 29.4 Å². The standard InChI is InChI=1S/C24H30N6O6.2ClH/c1-11(25)23(35)29-9-7-27-13-3-4-14(28-8-10-30-24(36)12(2)26)18-17(13)21(33)19-15(31)5-6-16(32)20(19)22(18)34;;/h3-6,11-12,27-28,31-32H,7-10,25-26H2,1-2H3,(H,29,35)(H,30,36);2*1H/t11-,12-;;/m0../s1. The van der Waals surface area contributed by atoms with Crippen LogP contribution in [0.2, 0.25) is 0 Å². The van der Waals surface area contributed by atoms with E-state index >= 15 is 0 Å². The first-order chi connectivity index (χ1) is 17.0. The number of ketones is 2. The Balaban J connectivity index is 0.00000361. The summed E-state index contributed by atoms with van der Waals surface area (Å²) in [5.41, 5.74) is 11.1. The fourth-order valence-electron chi connectivity index (χ4n) is 3.75. The molecule has 0 bridgehead atoms. The Kier molecular flexibility index (Phi) is 11.8. The van der Waals surface area contributed by atoms with Crippen molar-refractivity contribution >= 4 is 59.6 Å². The molecular weight excluding hydrogens is 539 g/mol. The summed E-state index contributed by atoms with van der Waals surface area (Å²) < 4.78 is 0. The van der Waals surface area contributed by atoms with Gasteiger partial charge in [0.1, 0.15) is 11.5 Å². The molecule has 3 rings (SSSR count). The lowest BCUT2D eigenvalue weighted by molar-refractivity contribution is -0.122. The number of fused-ring (bicyclic) bond motifs is 2. The summed E-state index contributed by atoms with van der Waals surface area (Å²) in [6.07, 6.45) is 0. The molecule has 38 heavy (non-hydrogen) atoms. The molecule has 12 nitrogen and oxygen atoms in total. The normalized spacial score (nSPS) is 13.1. The Bertz CT molecular complexity index is 1130. The van der Waals surface area contributed by atoms with Gasteiger partial charge in [0.05, 0.1) is 34.3 Å². The Morgan fingerprint density at radius 2 is 1.03 bits per heavy atom. The number of carbonyl (C=O) groups is 4. The number of hydrogen-bond donors (Lipinski definition) is 8. The highest BCUT2D eigenvalue weighted by atomic mass is 35.5. The summed E-state index contributed by atoms with van der Waals surface area (Å²) in [5.74, 6) is -2.84. The van der Waals surface area contributed by atoms with Gasteiger partial charge in [-0.15, -0.1) is 24.8 Å². The van der Waals surface area contributed by atoms with Gasteiger partial charge in [-0.2, -0.15) is 0 Å². The molecule has 0 radical (unpaired) electrons. The van der Waals surface area contributed by atoms with Crippen molar-refractivity contribution in [2.75, 3.05) is 36.8 Å². The summed E-state index contributed by atoms with van der Waals surface area (Å²) in [6, 6.07) is 4.12. The van der Waals surface area contributed by atoms with Gasteiger partial charge in [0.2, 0.25) is 23.4 Å². The molecule has 0 aliphatic heterocycles. The van der Waals surface area contributed by atoms with Crippen LogP contribution in [0.4, 0.5) is 11.4 Å². The zero-order valence-electron chi connectivity index (χ0n) is 20.8. The third kappa shape index (κ3) is 6.84. The number of nitrogens with two attached hydrogens (primary N) is 2. The lowest BCUT2D eigenvalue weighted by Gasteiger charge is -2.25. The molecule has 208 valence electrons. The molecule has 2 atom stereocenters. The van der Waals surface area contributed by atoms with Gasteiger partial charge in [0.15, 0.2) is 0 Å². The molecule has 1 aliphatic carbocycles. The van der Waals surface area contributed by atoms with E-state index in [2.05, 4.69) is 21.3 Å². The molecule has 10 N–H and O–H groups in total. The first-order valence-corrected chi connectivity index (χ1v) is 11.4. The van der Waals surface area contributed by atoms with Crippen LogP contribution in [-0.4, -0.2) is 71.9 Å². The minimum atomic E-state index is -0.674. The van der Waals surface area contributed by atoms with Crippen LogP contribution < -0.4 is 32.7 Å². The quantitative estimate of drug-likeness (QED) is 0.125. The third-order valence-electron chi connectivity index (χ3n) is 5.58. The predicted molar refractivity (Wildman–Crippen MR) is 148 cm³/mol. The molecule has 14 heteroatoms. The molecule has 2 aromatic carbocycles. The second-order valence-corrected chi connectivity index (χ2v) is 8.44. The highest BCUT2D eigenvalue weighted by molar-refractivity contribution is 6.33. The molecule has 1 aliphatic rings. The van der Waals surface area contributed by atoms with Gasteiger partial charge in [-0.1, -0.05) is 0 Å². The molecule has 0 saturated carbocycles. The summed E-state index contributed by atoms with van der Waals surface area (Å²) in [5, 5.41) is 32.0. The number of anilines is 2. The molecule has 0 aromatic heterocycles. The monoisotopic (exact) mass is 570 g/mol. The van der Waals surface area contributed by atoms with E-state index in [1.54, 1.807) is 26.0 Å². The van der Waals surface area contributed by atoms with Crippen molar-refractivity contribution in [3.05, 3.63) is 46.5 Å². The van der Waals surface area contributed by atoms with Gasteiger partial charge >= 0.3 is 0 Å². The molecule has 2 amide bonds. The highest BCUT2D eigenvalue weighted by Gasteiger charge is 2.37. The van der Waals surface area contributed by atoms with E-state index < -0.39 is 35.1 Å². The number of amides is 2. The van der Waals surface area contributed by atoms with Crippen molar-refractivity contribution in [3.8, 4) is 11.5 Å².